The maximum atomic E-state index is 10.8. The van der Waals surface area contributed by atoms with Gasteiger partial charge in [0.05, 0.1) is 24.3 Å². The van der Waals surface area contributed by atoms with Gasteiger partial charge in [-0.15, -0.1) is 10.2 Å². The highest BCUT2D eigenvalue weighted by Gasteiger charge is 2.41. The van der Waals surface area contributed by atoms with Crippen LogP contribution in [0.15, 0.2) is 43.1 Å². The summed E-state index contributed by atoms with van der Waals surface area (Å²) in [6.07, 6.45) is 5.74. The van der Waals surface area contributed by atoms with Crippen LogP contribution in [-0.4, -0.2) is 29.4 Å². The third-order valence-corrected chi connectivity index (χ3v) is 4.95. The number of fused-ring (bicyclic) bond motifs is 4. The van der Waals surface area contributed by atoms with Crippen LogP contribution in [0.3, 0.4) is 0 Å². The van der Waals surface area contributed by atoms with E-state index in [4.69, 9.17) is 0 Å². The maximum Gasteiger partial charge on any atom is 0.162 e. The Morgan fingerprint density at radius 3 is 3.05 bits per heavy atom. The van der Waals surface area contributed by atoms with Crippen molar-refractivity contribution in [3.8, 4) is 11.3 Å². The molecule has 6 nitrogen and oxygen atoms in total. The van der Waals surface area contributed by atoms with E-state index in [1.807, 2.05) is 23.2 Å². The van der Waals surface area contributed by atoms with Gasteiger partial charge in [0, 0.05) is 18.0 Å². The summed E-state index contributed by atoms with van der Waals surface area (Å²) in [6, 6.07) is 8.49. The zero-order valence-electron chi connectivity index (χ0n) is 11.9. The molecule has 1 aromatic carbocycles. The minimum Gasteiger partial charge on any atom is -0.385 e. The van der Waals surface area contributed by atoms with Crippen molar-refractivity contribution < 1.29 is 5.11 Å². The molecule has 2 aromatic heterocycles. The lowest BCUT2D eigenvalue weighted by Gasteiger charge is -2.33. The molecule has 6 heteroatoms. The van der Waals surface area contributed by atoms with Gasteiger partial charge in [-0.1, -0.05) is 24.3 Å². The summed E-state index contributed by atoms with van der Waals surface area (Å²) in [5.41, 5.74) is 3.60. The second kappa shape index (κ2) is 4.27. The monoisotopic (exact) mass is 293 g/mol. The topological polar surface area (TPSA) is 68.8 Å². The molecule has 1 N–H and O–H groups in total. The third-order valence-electron chi connectivity index (χ3n) is 4.95. The normalized spacial score (nSPS) is 25.6. The summed E-state index contributed by atoms with van der Waals surface area (Å²) < 4.78 is 4.13. The largest absolute Gasteiger partial charge is 0.385 e. The van der Waals surface area contributed by atoms with Crippen LogP contribution >= 0.6 is 0 Å². The number of benzene rings is 1. The molecule has 3 atom stereocenters. The first-order valence-corrected chi connectivity index (χ1v) is 7.51. The van der Waals surface area contributed by atoms with Gasteiger partial charge in [-0.3, -0.25) is 0 Å². The minimum absolute atomic E-state index is 0.0771. The predicted molar refractivity (Wildman–Crippen MR) is 78.9 cm³/mol. The number of aromatic nitrogens is 5. The number of aliphatic hydroxyl groups is 1. The van der Waals surface area contributed by atoms with Crippen molar-refractivity contribution in [3.05, 3.63) is 54.5 Å². The van der Waals surface area contributed by atoms with E-state index in [0.717, 1.165) is 18.7 Å². The van der Waals surface area contributed by atoms with Crippen molar-refractivity contribution in [2.75, 3.05) is 0 Å². The lowest BCUT2D eigenvalue weighted by atomic mass is 9.84. The maximum absolute atomic E-state index is 10.8. The Balaban J connectivity index is 1.65. The van der Waals surface area contributed by atoms with E-state index in [1.54, 1.807) is 6.33 Å². The first-order valence-electron chi connectivity index (χ1n) is 7.51. The van der Waals surface area contributed by atoms with Crippen LogP contribution < -0.4 is 0 Å². The molecule has 4 heterocycles. The van der Waals surface area contributed by atoms with Crippen molar-refractivity contribution in [2.24, 2.45) is 5.92 Å². The zero-order chi connectivity index (χ0) is 14.7. The summed E-state index contributed by atoms with van der Waals surface area (Å²) in [6.45, 7) is 0.840. The Kier molecular flexibility index (Phi) is 2.35. The fourth-order valence-corrected chi connectivity index (χ4v) is 3.94. The van der Waals surface area contributed by atoms with Crippen LogP contribution in [0.25, 0.3) is 11.3 Å². The molecule has 0 spiro atoms. The summed E-state index contributed by atoms with van der Waals surface area (Å²) in [7, 11) is 0. The van der Waals surface area contributed by atoms with E-state index >= 15 is 0 Å². The van der Waals surface area contributed by atoms with Gasteiger partial charge in [0.2, 0.25) is 0 Å². The average molecular weight is 293 g/mol. The standard InChI is InChI=1S/C16H15N5O/c22-15-12(5-6-20-9-18-19-16(15)20)14-11-4-2-1-3-10(11)13-7-17-8-21(13)14/h1-4,7-9,12,14-15,22H,5-6H2/t12-,14?,15+/m0/s1. The summed E-state index contributed by atoms with van der Waals surface area (Å²) in [5, 5.41) is 18.8. The third kappa shape index (κ3) is 1.45. The fourth-order valence-electron chi connectivity index (χ4n) is 3.94. The van der Waals surface area contributed by atoms with Crippen molar-refractivity contribution >= 4 is 0 Å². The van der Waals surface area contributed by atoms with Gasteiger partial charge in [0.25, 0.3) is 0 Å². The Bertz CT molecular complexity index is 852. The summed E-state index contributed by atoms with van der Waals surface area (Å²) in [4.78, 5) is 4.30. The molecule has 3 aromatic rings. The highest BCUT2D eigenvalue weighted by Crippen LogP contribution is 2.48. The summed E-state index contributed by atoms with van der Waals surface area (Å²) >= 11 is 0. The average Bonchev–Trinajstić information content (AvgIpc) is 3.23. The first-order chi connectivity index (χ1) is 10.8. The quantitative estimate of drug-likeness (QED) is 0.743. The van der Waals surface area contributed by atoms with E-state index in [-0.39, 0.29) is 12.0 Å². The molecule has 2 aliphatic rings. The number of imidazole rings is 1. The van der Waals surface area contributed by atoms with Crippen molar-refractivity contribution in [1.29, 1.82) is 0 Å². The first kappa shape index (κ1) is 12.1. The number of aliphatic hydroxyl groups excluding tert-OH is 1. The van der Waals surface area contributed by atoms with Crippen LogP contribution in [-0.2, 0) is 6.54 Å². The van der Waals surface area contributed by atoms with Gasteiger partial charge in [-0.2, -0.15) is 0 Å². The van der Waals surface area contributed by atoms with Gasteiger partial charge in [0.15, 0.2) is 5.82 Å². The van der Waals surface area contributed by atoms with Gasteiger partial charge in [-0.05, 0) is 12.0 Å². The predicted octanol–water partition coefficient (Wildman–Crippen LogP) is 1.80. The van der Waals surface area contributed by atoms with Crippen LogP contribution in [0.5, 0.6) is 0 Å². The molecule has 0 fully saturated rings. The minimum atomic E-state index is -0.609. The lowest BCUT2D eigenvalue weighted by molar-refractivity contribution is 0.0512. The Labute approximate surface area is 127 Å². The second-order valence-electron chi connectivity index (χ2n) is 6.00. The number of hydrogen-bond acceptors (Lipinski definition) is 4. The lowest BCUT2D eigenvalue weighted by Crippen LogP contribution is -2.31. The van der Waals surface area contributed by atoms with Gasteiger partial charge >= 0.3 is 0 Å². The molecule has 0 saturated carbocycles. The van der Waals surface area contributed by atoms with Gasteiger partial charge in [0.1, 0.15) is 12.4 Å². The Morgan fingerprint density at radius 2 is 2.09 bits per heavy atom. The van der Waals surface area contributed by atoms with Crippen molar-refractivity contribution in [2.45, 2.75) is 25.1 Å². The molecule has 0 saturated heterocycles. The van der Waals surface area contributed by atoms with E-state index in [2.05, 4.69) is 37.9 Å². The molecule has 0 amide bonds. The van der Waals surface area contributed by atoms with E-state index in [1.165, 1.54) is 11.1 Å². The number of nitrogens with zero attached hydrogens (tertiary/aromatic N) is 5. The molecule has 1 unspecified atom stereocenters. The molecule has 2 aliphatic heterocycles. The second-order valence-corrected chi connectivity index (χ2v) is 6.00. The number of hydrogen-bond donors (Lipinski definition) is 1. The van der Waals surface area contributed by atoms with Crippen LogP contribution in [0.4, 0.5) is 0 Å². The van der Waals surface area contributed by atoms with Crippen LogP contribution in [0, 0.1) is 5.92 Å². The van der Waals surface area contributed by atoms with E-state index in [0.29, 0.717) is 5.82 Å². The molecule has 0 aliphatic carbocycles. The molecule has 0 bridgehead atoms. The molecule has 22 heavy (non-hydrogen) atoms. The van der Waals surface area contributed by atoms with Crippen molar-refractivity contribution in [1.82, 2.24) is 24.3 Å². The molecule has 110 valence electrons. The van der Waals surface area contributed by atoms with E-state index < -0.39 is 6.10 Å². The Morgan fingerprint density at radius 1 is 1.18 bits per heavy atom. The highest BCUT2D eigenvalue weighted by molar-refractivity contribution is 5.69. The molecular formula is C16H15N5O. The Hall–Kier alpha value is -2.47. The van der Waals surface area contributed by atoms with Crippen molar-refractivity contribution in [3.63, 3.8) is 0 Å². The van der Waals surface area contributed by atoms with Crippen LogP contribution in [0.1, 0.15) is 30.0 Å². The highest BCUT2D eigenvalue weighted by atomic mass is 16.3. The number of aryl methyl sites for hydroxylation is 1. The van der Waals surface area contributed by atoms with Gasteiger partial charge in [-0.25, -0.2) is 4.98 Å². The number of rotatable bonds is 1. The SMILES string of the molecule is O[C@H]1c2nncn2CC[C@H]1C1c2ccccc2-c2cncn21. The molecule has 5 rings (SSSR count). The summed E-state index contributed by atoms with van der Waals surface area (Å²) in [5.74, 6) is 0.746. The zero-order valence-corrected chi connectivity index (χ0v) is 11.9. The van der Waals surface area contributed by atoms with Gasteiger partial charge < -0.3 is 14.2 Å². The molecule has 0 radical (unpaired) electrons. The molecular weight excluding hydrogens is 278 g/mol. The fraction of sp³-hybridized carbons (Fsp3) is 0.312. The van der Waals surface area contributed by atoms with E-state index in [9.17, 15) is 5.11 Å². The smallest absolute Gasteiger partial charge is 0.162 e. The van der Waals surface area contributed by atoms with Crippen LogP contribution in [0.2, 0.25) is 0 Å².